The number of nitrogens with one attached hydrogen (secondary N) is 2. The standard InChI is InChI=1S/C16H25N5S/c1-12-7-16-18-9-13(11-21(16)19-12)8-17-10-14(20(2)3)15-5-4-6-22-15/h4-7,13-14,17-18H,8-11H2,1-3H3/t13-,14-/m0/s1. The fourth-order valence-electron chi connectivity index (χ4n) is 2.96. The molecule has 3 rings (SSSR count). The van der Waals surface area contributed by atoms with Crippen LogP contribution < -0.4 is 10.6 Å². The zero-order valence-corrected chi connectivity index (χ0v) is 14.4. The first-order valence-corrected chi connectivity index (χ1v) is 8.70. The maximum absolute atomic E-state index is 4.53. The van der Waals surface area contributed by atoms with Gasteiger partial charge in [-0.3, -0.25) is 0 Å². The van der Waals surface area contributed by atoms with Crippen molar-refractivity contribution in [3.05, 3.63) is 34.2 Å². The molecular formula is C16H25N5S. The molecule has 3 heterocycles. The summed E-state index contributed by atoms with van der Waals surface area (Å²) in [6.07, 6.45) is 0. The Morgan fingerprint density at radius 3 is 3.14 bits per heavy atom. The number of rotatable bonds is 6. The van der Waals surface area contributed by atoms with Gasteiger partial charge in [-0.2, -0.15) is 5.10 Å². The summed E-state index contributed by atoms with van der Waals surface area (Å²) >= 11 is 1.83. The number of fused-ring (bicyclic) bond motifs is 1. The Hall–Kier alpha value is -1.37. The van der Waals surface area contributed by atoms with Gasteiger partial charge < -0.3 is 15.5 Å². The Morgan fingerprint density at radius 1 is 1.55 bits per heavy atom. The van der Waals surface area contributed by atoms with Crippen molar-refractivity contribution < 1.29 is 0 Å². The summed E-state index contributed by atoms with van der Waals surface area (Å²) in [7, 11) is 4.29. The number of aromatic nitrogens is 2. The molecule has 2 aromatic rings. The van der Waals surface area contributed by atoms with Crippen LogP contribution in [0.4, 0.5) is 5.82 Å². The summed E-state index contributed by atoms with van der Waals surface area (Å²) in [4.78, 5) is 3.71. The van der Waals surface area contributed by atoms with Crippen LogP contribution in [0.15, 0.2) is 23.6 Å². The van der Waals surface area contributed by atoms with E-state index in [-0.39, 0.29) is 0 Å². The van der Waals surface area contributed by atoms with Crippen LogP contribution in [0, 0.1) is 12.8 Å². The average molecular weight is 319 g/mol. The minimum atomic E-state index is 0.444. The molecule has 0 bridgehead atoms. The minimum Gasteiger partial charge on any atom is -0.370 e. The lowest BCUT2D eigenvalue weighted by molar-refractivity contribution is 0.283. The third kappa shape index (κ3) is 3.51. The highest BCUT2D eigenvalue weighted by Gasteiger charge is 2.20. The summed E-state index contributed by atoms with van der Waals surface area (Å²) in [5, 5.41) is 13.8. The van der Waals surface area contributed by atoms with E-state index < -0.39 is 0 Å². The van der Waals surface area contributed by atoms with Gasteiger partial charge in [0, 0.05) is 43.0 Å². The first-order valence-electron chi connectivity index (χ1n) is 7.82. The topological polar surface area (TPSA) is 45.1 Å². The zero-order chi connectivity index (χ0) is 15.5. The smallest absolute Gasteiger partial charge is 0.124 e. The van der Waals surface area contributed by atoms with E-state index in [4.69, 9.17) is 0 Å². The van der Waals surface area contributed by atoms with E-state index in [2.05, 4.69) is 63.0 Å². The maximum Gasteiger partial charge on any atom is 0.124 e. The number of hydrogen-bond donors (Lipinski definition) is 2. The Labute approximate surface area is 136 Å². The monoisotopic (exact) mass is 319 g/mol. The van der Waals surface area contributed by atoms with Crippen molar-refractivity contribution in [2.45, 2.75) is 19.5 Å². The second-order valence-corrected chi connectivity index (χ2v) is 7.23. The Balaban J connectivity index is 1.51. The molecule has 2 N–H and O–H groups in total. The van der Waals surface area contributed by atoms with Crippen LogP contribution in [0.25, 0.3) is 0 Å². The van der Waals surface area contributed by atoms with Gasteiger partial charge in [0.15, 0.2) is 0 Å². The van der Waals surface area contributed by atoms with E-state index in [9.17, 15) is 0 Å². The molecule has 0 saturated heterocycles. The van der Waals surface area contributed by atoms with Gasteiger partial charge in [-0.05, 0) is 32.5 Å². The normalized spacial score (nSPS) is 19.0. The molecule has 1 aliphatic heterocycles. The average Bonchev–Trinajstić information content (AvgIpc) is 3.10. The Kier molecular flexibility index (Phi) is 4.81. The lowest BCUT2D eigenvalue weighted by atomic mass is 10.1. The van der Waals surface area contributed by atoms with Gasteiger partial charge in [-0.15, -0.1) is 11.3 Å². The lowest BCUT2D eigenvalue weighted by Gasteiger charge is -2.27. The summed E-state index contributed by atoms with van der Waals surface area (Å²) in [5.74, 6) is 1.73. The van der Waals surface area contributed by atoms with Gasteiger partial charge in [0.05, 0.1) is 11.7 Å². The van der Waals surface area contributed by atoms with Crippen molar-refractivity contribution in [1.29, 1.82) is 0 Å². The predicted molar refractivity (Wildman–Crippen MR) is 92.6 cm³/mol. The van der Waals surface area contributed by atoms with Gasteiger partial charge >= 0.3 is 0 Å². The molecule has 0 spiro atoms. The van der Waals surface area contributed by atoms with Crippen molar-refractivity contribution in [3.63, 3.8) is 0 Å². The number of aryl methyl sites for hydroxylation is 1. The second-order valence-electron chi connectivity index (χ2n) is 6.25. The molecule has 6 heteroatoms. The van der Waals surface area contributed by atoms with Gasteiger partial charge in [-0.1, -0.05) is 6.07 Å². The van der Waals surface area contributed by atoms with Crippen molar-refractivity contribution in [2.24, 2.45) is 5.92 Å². The van der Waals surface area contributed by atoms with Crippen molar-refractivity contribution >= 4 is 17.2 Å². The molecule has 120 valence electrons. The van der Waals surface area contributed by atoms with Crippen LogP contribution in [-0.4, -0.2) is 48.4 Å². The third-order valence-corrected chi connectivity index (χ3v) is 5.14. The molecule has 22 heavy (non-hydrogen) atoms. The minimum absolute atomic E-state index is 0.444. The van der Waals surface area contributed by atoms with E-state index in [1.54, 1.807) is 0 Å². The fourth-order valence-corrected chi connectivity index (χ4v) is 3.89. The van der Waals surface area contributed by atoms with Crippen molar-refractivity contribution in [1.82, 2.24) is 20.0 Å². The number of anilines is 1. The highest BCUT2D eigenvalue weighted by Crippen LogP contribution is 2.23. The molecule has 0 fully saturated rings. The SMILES string of the molecule is Cc1cc2n(n1)C[C@@H](CNC[C@@H](c1cccs1)N(C)C)CN2. The number of nitrogens with zero attached hydrogens (tertiary/aromatic N) is 3. The molecule has 0 amide bonds. The summed E-state index contributed by atoms with van der Waals surface area (Å²) in [5.41, 5.74) is 1.08. The highest BCUT2D eigenvalue weighted by atomic mass is 32.1. The molecule has 0 aliphatic carbocycles. The number of thiophene rings is 1. The van der Waals surface area contributed by atoms with Crippen LogP contribution in [0.2, 0.25) is 0 Å². The molecule has 0 radical (unpaired) electrons. The van der Waals surface area contributed by atoms with Gasteiger partial charge in [0.2, 0.25) is 0 Å². The summed E-state index contributed by atoms with van der Waals surface area (Å²) in [6, 6.07) is 6.91. The molecule has 0 saturated carbocycles. The van der Waals surface area contributed by atoms with E-state index in [1.807, 2.05) is 18.3 Å². The molecule has 2 aromatic heterocycles. The van der Waals surface area contributed by atoms with Crippen molar-refractivity contribution in [2.75, 3.05) is 39.0 Å². The molecule has 2 atom stereocenters. The predicted octanol–water partition coefficient (Wildman–Crippen LogP) is 2.19. The molecule has 0 aromatic carbocycles. The van der Waals surface area contributed by atoms with Crippen molar-refractivity contribution in [3.8, 4) is 0 Å². The molecule has 5 nitrogen and oxygen atoms in total. The first-order chi connectivity index (χ1) is 10.6. The van der Waals surface area contributed by atoms with Crippen LogP contribution in [0.1, 0.15) is 16.6 Å². The van der Waals surface area contributed by atoms with E-state index in [0.29, 0.717) is 12.0 Å². The molecule has 0 unspecified atom stereocenters. The zero-order valence-electron chi connectivity index (χ0n) is 13.5. The fraction of sp³-hybridized carbons (Fsp3) is 0.562. The van der Waals surface area contributed by atoms with E-state index >= 15 is 0 Å². The Bertz CT molecular complexity index is 590. The first kappa shape index (κ1) is 15.5. The van der Waals surface area contributed by atoms with Crippen LogP contribution in [0.3, 0.4) is 0 Å². The van der Waals surface area contributed by atoms with Gasteiger partial charge in [0.1, 0.15) is 5.82 Å². The summed E-state index contributed by atoms with van der Waals surface area (Å²) < 4.78 is 2.09. The number of hydrogen-bond acceptors (Lipinski definition) is 5. The largest absolute Gasteiger partial charge is 0.370 e. The number of likely N-dealkylation sites (N-methyl/N-ethyl adjacent to an activating group) is 1. The third-order valence-electron chi connectivity index (χ3n) is 4.17. The van der Waals surface area contributed by atoms with Crippen LogP contribution in [-0.2, 0) is 6.54 Å². The summed E-state index contributed by atoms with van der Waals surface area (Å²) in [6.45, 7) is 6.05. The highest BCUT2D eigenvalue weighted by molar-refractivity contribution is 7.10. The molecule has 1 aliphatic rings. The Morgan fingerprint density at radius 2 is 2.41 bits per heavy atom. The lowest BCUT2D eigenvalue weighted by Crippen LogP contribution is -2.38. The molecular weight excluding hydrogens is 294 g/mol. The van der Waals surface area contributed by atoms with Gasteiger partial charge in [-0.25, -0.2) is 4.68 Å². The second kappa shape index (κ2) is 6.81. The van der Waals surface area contributed by atoms with E-state index in [1.165, 1.54) is 4.88 Å². The quantitative estimate of drug-likeness (QED) is 0.857. The van der Waals surface area contributed by atoms with Crippen LogP contribution >= 0.6 is 11.3 Å². The maximum atomic E-state index is 4.53. The van der Waals surface area contributed by atoms with E-state index in [0.717, 1.165) is 37.7 Å². The van der Waals surface area contributed by atoms with Gasteiger partial charge in [0.25, 0.3) is 0 Å². The van der Waals surface area contributed by atoms with Crippen LogP contribution in [0.5, 0.6) is 0 Å².